The van der Waals surface area contributed by atoms with Gasteiger partial charge in [-0.25, -0.2) is 19.8 Å². The lowest BCUT2D eigenvalue weighted by Crippen LogP contribution is -2.11. The minimum Gasteiger partial charge on any atom is -0.464 e. The molecule has 7 nitrogen and oxygen atoms in total. The van der Waals surface area contributed by atoms with Gasteiger partial charge in [0.05, 0.1) is 31.3 Å². The molecule has 132 valence electrons. The number of carbonyl (C=O) groups excluding carboxylic acids is 1. The van der Waals surface area contributed by atoms with Gasteiger partial charge in [0.2, 0.25) is 0 Å². The number of ether oxygens (including phenoxy) is 2. The third-order valence-corrected chi connectivity index (χ3v) is 4.21. The molecule has 1 saturated heterocycles. The van der Waals surface area contributed by atoms with Crippen LogP contribution in [0.5, 0.6) is 0 Å². The molecule has 25 heavy (non-hydrogen) atoms. The molecule has 0 amide bonds. The van der Waals surface area contributed by atoms with E-state index in [-0.39, 0.29) is 17.4 Å². The van der Waals surface area contributed by atoms with Gasteiger partial charge in [0.1, 0.15) is 0 Å². The summed E-state index contributed by atoms with van der Waals surface area (Å²) in [5.74, 6) is -0.139. The first-order valence-electron chi connectivity index (χ1n) is 8.46. The van der Waals surface area contributed by atoms with E-state index in [0.29, 0.717) is 18.9 Å². The lowest BCUT2D eigenvalue weighted by Gasteiger charge is -2.10. The number of hydrogen-bond donors (Lipinski definition) is 0. The average Bonchev–Trinajstić information content (AvgIpc) is 3.13. The van der Waals surface area contributed by atoms with Crippen molar-refractivity contribution >= 4 is 23.7 Å². The molecule has 1 unspecified atom stereocenters. The summed E-state index contributed by atoms with van der Waals surface area (Å²) in [6.07, 6.45) is 8.22. The molecule has 2 aliphatic heterocycles. The van der Waals surface area contributed by atoms with Crippen molar-refractivity contribution in [2.75, 3.05) is 26.9 Å². The maximum absolute atomic E-state index is 12.2. The highest BCUT2D eigenvalue weighted by molar-refractivity contribution is 6.36. The molecule has 1 aromatic rings. The van der Waals surface area contributed by atoms with Gasteiger partial charge in [-0.15, -0.1) is 0 Å². The van der Waals surface area contributed by atoms with Gasteiger partial charge in [-0.3, -0.25) is 4.99 Å². The molecule has 2 aliphatic rings. The van der Waals surface area contributed by atoms with E-state index in [4.69, 9.17) is 9.47 Å². The van der Waals surface area contributed by atoms with Crippen molar-refractivity contribution in [3.63, 3.8) is 0 Å². The lowest BCUT2D eigenvalue weighted by molar-refractivity contribution is 0.0594. The van der Waals surface area contributed by atoms with E-state index in [0.717, 1.165) is 31.5 Å². The fourth-order valence-electron chi connectivity index (χ4n) is 2.83. The molecule has 1 aromatic heterocycles. The third-order valence-electron chi connectivity index (χ3n) is 4.21. The van der Waals surface area contributed by atoms with Crippen LogP contribution in [0.2, 0.25) is 0 Å². The summed E-state index contributed by atoms with van der Waals surface area (Å²) in [6, 6.07) is 0. The minimum atomic E-state index is -0.545. The summed E-state index contributed by atoms with van der Waals surface area (Å²) < 4.78 is 10.2. The topological polar surface area (TPSA) is 86.0 Å². The monoisotopic (exact) mass is 342 g/mol. The Hall–Kier alpha value is -2.41. The van der Waals surface area contributed by atoms with Crippen LogP contribution in [0.25, 0.3) is 0 Å². The number of hydrogen-bond acceptors (Lipinski definition) is 7. The van der Waals surface area contributed by atoms with Gasteiger partial charge in [-0.05, 0) is 32.3 Å². The number of nitrogens with zero attached hydrogens (tertiary/aromatic N) is 4. The number of rotatable bonds is 3. The van der Waals surface area contributed by atoms with Gasteiger partial charge in [-0.2, -0.15) is 0 Å². The van der Waals surface area contributed by atoms with Crippen molar-refractivity contribution in [2.24, 2.45) is 9.98 Å². The molecule has 1 atom stereocenters. The number of methoxy groups -OCH3 is 1. The zero-order chi connectivity index (χ0) is 17.6. The predicted molar refractivity (Wildman–Crippen MR) is 95.0 cm³/mol. The van der Waals surface area contributed by atoms with Gasteiger partial charge in [0.15, 0.2) is 11.5 Å². The molecule has 0 aliphatic carbocycles. The Morgan fingerprint density at radius 1 is 1.44 bits per heavy atom. The molecule has 7 heteroatoms. The number of aromatic nitrogens is 2. The maximum atomic E-state index is 12.2. The quantitative estimate of drug-likeness (QED) is 0.788. The minimum absolute atomic E-state index is 0.126. The summed E-state index contributed by atoms with van der Waals surface area (Å²) >= 11 is 0. The molecule has 3 rings (SSSR count). The molecule has 0 N–H and O–H groups in total. The highest BCUT2D eigenvalue weighted by Gasteiger charge is 2.23. The van der Waals surface area contributed by atoms with Crippen molar-refractivity contribution in [1.82, 2.24) is 9.97 Å². The maximum Gasteiger partial charge on any atom is 0.360 e. The molecule has 0 saturated carbocycles. The summed E-state index contributed by atoms with van der Waals surface area (Å²) in [5, 5.41) is 0. The zero-order valence-corrected chi connectivity index (χ0v) is 14.6. The van der Waals surface area contributed by atoms with Gasteiger partial charge >= 0.3 is 5.97 Å². The lowest BCUT2D eigenvalue weighted by atomic mass is 10.1. The molecule has 0 spiro atoms. The van der Waals surface area contributed by atoms with E-state index in [9.17, 15) is 4.79 Å². The second-order valence-corrected chi connectivity index (χ2v) is 6.19. The number of allylic oxidation sites excluding steroid dienone is 2. The largest absolute Gasteiger partial charge is 0.464 e. The number of aliphatic imine (C=N–C) groups is 2. The standard InChI is InChI=1S/C18H22N4O3/c1-12-4-3-6-19-9-14(8-12)21-17-16(18(23)24-2)22-15(10-20-17)13-5-7-25-11-13/h8-10,13H,3-7,11H2,1-2H3. The number of esters is 1. The van der Waals surface area contributed by atoms with Gasteiger partial charge < -0.3 is 9.47 Å². The summed E-state index contributed by atoms with van der Waals surface area (Å²) in [5.41, 5.74) is 2.74. The fourth-order valence-corrected chi connectivity index (χ4v) is 2.83. The molecule has 0 radical (unpaired) electrons. The van der Waals surface area contributed by atoms with Crippen molar-refractivity contribution in [1.29, 1.82) is 0 Å². The van der Waals surface area contributed by atoms with Crippen LogP contribution in [0, 0.1) is 0 Å². The van der Waals surface area contributed by atoms with E-state index in [1.807, 2.05) is 6.08 Å². The van der Waals surface area contributed by atoms with Crippen LogP contribution in [0.4, 0.5) is 5.82 Å². The van der Waals surface area contributed by atoms with Gasteiger partial charge in [-0.1, -0.05) is 5.57 Å². The molecular weight excluding hydrogens is 320 g/mol. The van der Waals surface area contributed by atoms with Crippen LogP contribution in [0.1, 0.15) is 48.3 Å². The summed E-state index contributed by atoms with van der Waals surface area (Å²) in [7, 11) is 1.33. The van der Waals surface area contributed by atoms with Crippen LogP contribution in [-0.2, 0) is 9.47 Å². The second-order valence-electron chi connectivity index (χ2n) is 6.19. The zero-order valence-electron chi connectivity index (χ0n) is 14.6. The Labute approximate surface area is 146 Å². The van der Waals surface area contributed by atoms with Crippen LogP contribution < -0.4 is 0 Å². The predicted octanol–water partition coefficient (Wildman–Crippen LogP) is 2.65. The highest BCUT2D eigenvalue weighted by Crippen LogP contribution is 2.26. The molecule has 0 bridgehead atoms. The van der Waals surface area contributed by atoms with Crippen LogP contribution in [-0.4, -0.2) is 54.7 Å². The average molecular weight is 342 g/mol. The van der Waals surface area contributed by atoms with Gasteiger partial charge in [0, 0.05) is 25.3 Å². The third kappa shape index (κ3) is 4.36. The van der Waals surface area contributed by atoms with Crippen LogP contribution in [0.3, 0.4) is 0 Å². The van der Waals surface area contributed by atoms with Crippen molar-refractivity contribution < 1.29 is 14.3 Å². The SMILES string of the molecule is COC(=O)c1nc(C2CCOC2)cnc1N=C1C=NCCCC(C)=C1. The molecule has 3 heterocycles. The first-order chi connectivity index (χ1) is 12.2. The van der Waals surface area contributed by atoms with Crippen molar-refractivity contribution in [3.05, 3.63) is 29.2 Å². The Morgan fingerprint density at radius 3 is 3.08 bits per heavy atom. The van der Waals surface area contributed by atoms with E-state index >= 15 is 0 Å². The molecule has 1 fully saturated rings. The fraction of sp³-hybridized carbons (Fsp3) is 0.500. The Balaban J connectivity index is 1.99. The van der Waals surface area contributed by atoms with Crippen molar-refractivity contribution in [3.8, 4) is 0 Å². The molecule has 0 aromatic carbocycles. The van der Waals surface area contributed by atoms with Crippen molar-refractivity contribution in [2.45, 2.75) is 32.1 Å². The number of carbonyl (C=O) groups is 1. The molecular formula is C18H22N4O3. The second kappa shape index (κ2) is 8.11. The summed E-state index contributed by atoms with van der Waals surface area (Å²) in [6.45, 7) is 4.12. The Kier molecular flexibility index (Phi) is 5.65. The van der Waals surface area contributed by atoms with E-state index in [2.05, 4.69) is 26.9 Å². The van der Waals surface area contributed by atoms with Crippen LogP contribution >= 0.6 is 0 Å². The highest BCUT2D eigenvalue weighted by atomic mass is 16.5. The van der Waals surface area contributed by atoms with E-state index in [1.165, 1.54) is 12.7 Å². The Bertz CT molecular complexity index is 734. The smallest absolute Gasteiger partial charge is 0.360 e. The van der Waals surface area contributed by atoms with E-state index < -0.39 is 5.97 Å². The first-order valence-corrected chi connectivity index (χ1v) is 8.46. The van der Waals surface area contributed by atoms with Gasteiger partial charge in [0.25, 0.3) is 0 Å². The summed E-state index contributed by atoms with van der Waals surface area (Å²) in [4.78, 5) is 29.8. The van der Waals surface area contributed by atoms with Crippen LogP contribution in [0.15, 0.2) is 27.8 Å². The Morgan fingerprint density at radius 2 is 2.32 bits per heavy atom. The van der Waals surface area contributed by atoms with E-state index in [1.54, 1.807) is 12.4 Å². The normalized spacial score (nSPS) is 22.4. The first kappa shape index (κ1) is 17.4.